The van der Waals surface area contributed by atoms with Crippen LogP contribution < -0.4 is 10.5 Å². The van der Waals surface area contributed by atoms with Gasteiger partial charge in [0, 0.05) is 6.04 Å². The first-order valence-electron chi connectivity index (χ1n) is 5.90. The zero-order valence-electron chi connectivity index (χ0n) is 9.36. The van der Waals surface area contributed by atoms with Gasteiger partial charge in [0.15, 0.2) is 0 Å². The van der Waals surface area contributed by atoms with Crippen molar-refractivity contribution >= 4 is 15.9 Å². The molecule has 1 aliphatic rings. The number of halogens is 1. The smallest absolute Gasteiger partial charge is 0.133 e. The van der Waals surface area contributed by atoms with Gasteiger partial charge in [0.2, 0.25) is 0 Å². The topological polar surface area (TPSA) is 35.2 Å². The van der Waals surface area contributed by atoms with Crippen molar-refractivity contribution in [2.24, 2.45) is 11.7 Å². The maximum absolute atomic E-state index is 6.14. The minimum atomic E-state index is 0.176. The van der Waals surface area contributed by atoms with Gasteiger partial charge in [0.1, 0.15) is 12.4 Å². The number of para-hydroxylation sites is 1. The Labute approximate surface area is 105 Å². The summed E-state index contributed by atoms with van der Waals surface area (Å²) in [5, 5.41) is 0. The van der Waals surface area contributed by atoms with Gasteiger partial charge in [-0.25, -0.2) is 0 Å². The van der Waals surface area contributed by atoms with Crippen LogP contribution in [0.25, 0.3) is 0 Å². The van der Waals surface area contributed by atoms with Crippen molar-refractivity contribution in [1.82, 2.24) is 0 Å². The number of hydrogen-bond acceptors (Lipinski definition) is 2. The molecule has 1 saturated carbocycles. The van der Waals surface area contributed by atoms with E-state index in [1.165, 1.54) is 25.7 Å². The molecule has 1 aromatic rings. The second-order valence-electron chi connectivity index (χ2n) is 4.45. The van der Waals surface area contributed by atoms with E-state index in [-0.39, 0.29) is 6.04 Å². The molecule has 16 heavy (non-hydrogen) atoms. The molecule has 0 radical (unpaired) electrons. The molecule has 0 spiro atoms. The molecule has 0 aliphatic heterocycles. The molecule has 1 atom stereocenters. The third-order valence-corrected chi connectivity index (χ3v) is 3.93. The van der Waals surface area contributed by atoms with Crippen LogP contribution in [0, 0.1) is 5.92 Å². The minimum absolute atomic E-state index is 0.176. The van der Waals surface area contributed by atoms with E-state index in [1.807, 2.05) is 24.3 Å². The fourth-order valence-electron chi connectivity index (χ4n) is 2.27. The van der Waals surface area contributed by atoms with Crippen LogP contribution in [0.15, 0.2) is 28.7 Å². The highest BCUT2D eigenvalue weighted by Crippen LogP contribution is 2.28. The average Bonchev–Trinajstić information content (AvgIpc) is 2.81. The molecule has 2 nitrogen and oxygen atoms in total. The summed E-state index contributed by atoms with van der Waals surface area (Å²) < 4.78 is 6.73. The quantitative estimate of drug-likeness (QED) is 0.920. The van der Waals surface area contributed by atoms with Crippen LogP contribution in [-0.2, 0) is 0 Å². The van der Waals surface area contributed by atoms with E-state index in [4.69, 9.17) is 10.5 Å². The molecule has 0 aromatic heterocycles. The second-order valence-corrected chi connectivity index (χ2v) is 5.30. The van der Waals surface area contributed by atoms with E-state index in [2.05, 4.69) is 15.9 Å². The molecule has 0 heterocycles. The fraction of sp³-hybridized carbons (Fsp3) is 0.538. The summed E-state index contributed by atoms with van der Waals surface area (Å²) in [5.74, 6) is 1.54. The van der Waals surface area contributed by atoms with Crippen molar-refractivity contribution in [1.29, 1.82) is 0 Å². The van der Waals surface area contributed by atoms with E-state index in [0.717, 1.165) is 10.2 Å². The zero-order valence-corrected chi connectivity index (χ0v) is 10.9. The average molecular weight is 284 g/mol. The van der Waals surface area contributed by atoms with Gasteiger partial charge in [-0.2, -0.15) is 0 Å². The van der Waals surface area contributed by atoms with Crippen LogP contribution >= 0.6 is 15.9 Å². The van der Waals surface area contributed by atoms with Crippen LogP contribution in [-0.4, -0.2) is 12.6 Å². The van der Waals surface area contributed by atoms with Crippen LogP contribution in [0.4, 0.5) is 0 Å². The van der Waals surface area contributed by atoms with E-state index >= 15 is 0 Å². The number of ether oxygens (including phenoxy) is 1. The zero-order chi connectivity index (χ0) is 11.4. The summed E-state index contributed by atoms with van der Waals surface area (Å²) in [4.78, 5) is 0. The van der Waals surface area contributed by atoms with E-state index in [0.29, 0.717) is 12.5 Å². The highest BCUT2D eigenvalue weighted by atomic mass is 79.9. The summed E-state index contributed by atoms with van der Waals surface area (Å²) in [6.07, 6.45) is 5.18. The van der Waals surface area contributed by atoms with Gasteiger partial charge in [-0.15, -0.1) is 0 Å². The maximum Gasteiger partial charge on any atom is 0.133 e. The van der Waals surface area contributed by atoms with Gasteiger partial charge in [-0.3, -0.25) is 0 Å². The first kappa shape index (κ1) is 11.9. The number of hydrogen-bond donors (Lipinski definition) is 1. The van der Waals surface area contributed by atoms with Gasteiger partial charge in [-0.1, -0.05) is 25.0 Å². The molecule has 2 N–H and O–H groups in total. The largest absolute Gasteiger partial charge is 0.491 e. The third-order valence-electron chi connectivity index (χ3n) is 3.27. The Balaban J connectivity index is 1.84. The molecule has 1 aromatic carbocycles. The number of benzene rings is 1. The Bertz CT molecular complexity index is 336. The van der Waals surface area contributed by atoms with Crippen molar-refractivity contribution in [2.75, 3.05) is 6.61 Å². The molecule has 1 unspecified atom stereocenters. The third kappa shape index (κ3) is 2.98. The maximum atomic E-state index is 6.14. The second kappa shape index (κ2) is 5.69. The SMILES string of the molecule is NC(COc1ccccc1Br)C1CCCC1. The molecule has 0 bridgehead atoms. The van der Waals surface area contributed by atoms with Crippen molar-refractivity contribution in [3.05, 3.63) is 28.7 Å². The molecule has 1 fully saturated rings. The van der Waals surface area contributed by atoms with Crippen molar-refractivity contribution in [2.45, 2.75) is 31.7 Å². The van der Waals surface area contributed by atoms with E-state index in [1.54, 1.807) is 0 Å². The van der Waals surface area contributed by atoms with Gasteiger partial charge in [0.25, 0.3) is 0 Å². The fourth-order valence-corrected chi connectivity index (χ4v) is 2.67. The lowest BCUT2D eigenvalue weighted by Crippen LogP contribution is -2.34. The van der Waals surface area contributed by atoms with E-state index < -0.39 is 0 Å². The van der Waals surface area contributed by atoms with Gasteiger partial charge in [0.05, 0.1) is 4.47 Å². The summed E-state index contributed by atoms with van der Waals surface area (Å²) in [6.45, 7) is 0.618. The summed E-state index contributed by atoms with van der Waals surface area (Å²) in [5.41, 5.74) is 6.14. The Kier molecular flexibility index (Phi) is 4.24. The molecule has 2 rings (SSSR count). The lowest BCUT2D eigenvalue weighted by atomic mass is 10.00. The van der Waals surface area contributed by atoms with E-state index in [9.17, 15) is 0 Å². The number of nitrogens with two attached hydrogens (primary N) is 1. The normalized spacial score (nSPS) is 18.6. The van der Waals surface area contributed by atoms with Crippen molar-refractivity contribution < 1.29 is 4.74 Å². The Hall–Kier alpha value is -0.540. The predicted octanol–water partition coefficient (Wildman–Crippen LogP) is 3.35. The van der Waals surface area contributed by atoms with Crippen LogP contribution in [0.3, 0.4) is 0 Å². The van der Waals surface area contributed by atoms with Crippen LogP contribution in [0.1, 0.15) is 25.7 Å². The lowest BCUT2D eigenvalue weighted by Gasteiger charge is -2.19. The first-order valence-corrected chi connectivity index (χ1v) is 6.69. The van der Waals surface area contributed by atoms with Crippen molar-refractivity contribution in [3.8, 4) is 5.75 Å². The Morgan fingerprint density at radius 3 is 2.69 bits per heavy atom. The lowest BCUT2D eigenvalue weighted by molar-refractivity contribution is 0.246. The Morgan fingerprint density at radius 2 is 2.00 bits per heavy atom. The molecular formula is C13H18BrNO. The highest BCUT2D eigenvalue weighted by Gasteiger charge is 2.22. The molecule has 1 aliphatic carbocycles. The molecular weight excluding hydrogens is 266 g/mol. The molecule has 88 valence electrons. The van der Waals surface area contributed by atoms with Crippen LogP contribution in [0.2, 0.25) is 0 Å². The predicted molar refractivity (Wildman–Crippen MR) is 69.6 cm³/mol. The molecule has 3 heteroatoms. The number of rotatable bonds is 4. The summed E-state index contributed by atoms with van der Waals surface area (Å²) >= 11 is 3.46. The molecule has 0 saturated heterocycles. The van der Waals surface area contributed by atoms with Crippen LogP contribution in [0.5, 0.6) is 5.75 Å². The standard InChI is InChI=1S/C13H18BrNO/c14-11-7-3-4-8-13(11)16-9-12(15)10-5-1-2-6-10/h3-4,7-8,10,12H,1-2,5-6,9,15H2. The first-order chi connectivity index (χ1) is 7.77. The van der Waals surface area contributed by atoms with Gasteiger partial charge < -0.3 is 10.5 Å². The van der Waals surface area contributed by atoms with Gasteiger partial charge in [-0.05, 0) is 46.8 Å². The summed E-state index contributed by atoms with van der Waals surface area (Å²) in [7, 11) is 0. The Morgan fingerprint density at radius 1 is 1.31 bits per heavy atom. The monoisotopic (exact) mass is 283 g/mol. The van der Waals surface area contributed by atoms with Gasteiger partial charge >= 0.3 is 0 Å². The minimum Gasteiger partial charge on any atom is -0.491 e. The highest BCUT2D eigenvalue weighted by molar-refractivity contribution is 9.10. The van der Waals surface area contributed by atoms with Crippen molar-refractivity contribution in [3.63, 3.8) is 0 Å². The molecule has 0 amide bonds. The summed E-state index contributed by atoms with van der Waals surface area (Å²) in [6, 6.07) is 8.08.